The molecule has 3 heteroatoms. The predicted molar refractivity (Wildman–Crippen MR) is 269 cm³/mol. The Hall–Kier alpha value is -6.84. The lowest BCUT2D eigenvalue weighted by Crippen LogP contribution is -2.46. The summed E-state index contributed by atoms with van der Waals surface area (Å²) in [5, 5.41) is 8.09. The summed E-state index contributed by atoms with van der Waals surface area (Å²) >= 11 is 0. The van der Waals surface area contributed by atoms with Crippen molar-refractivity contribution in [3.05, 3.63) is 232 Å². The summed E-state index contributed by atoms with van der Waals surface area (Å²) in [6.45, 7) is 4.67. The van der Waals surface area contributed by atoms with E-state index in [2.05, 4.69) is 200 Å². The summed E-state index contributed by atoms with van der Waals surface area (Å²) in [5.41, 5.74) is 11.8. The molecule has 0 amide bonds. The van der Waals surface area contributed by atoms with Crippen molar-refractivity contribution in [1.29, 1.82) is 0 Å². The molecule has 1 fully saturated rings. The van der Waals surface area contributed by atoms with E-state index >= 15 is 0 Å². The van der Waals surface area contributed by atoms with Crippen molar-refractivity contribution < 1.29 is 0 Å². The Labute approximate surface area is 381 Å². The summed E-state index contributed by atoms with van der Waals surface area (Å²) in [6, 6.07) is 58.9. The van der Waals surface area contributed by atoms with Crippen LogP contribution in [0.4, 0.5) is 5.69 Å². The molecule has 0 radical (unpaired) electrons. The van der Waals surface area contributed by atoms with Crippen molar-refractivity contribution in [2.24, 2.45) is 27.7 Å². The van der Waals surface area contributed by atoms with E-state index in [1.165, 1.54) is 56.1 Å². The third-order valence-electron chi connectivity index (χ3n) is 16.7. The third kappa shape index (κ3) is 5.67. The molecule has 7 aromatic rings. The second-order valence-corrected chi connectivity index (χ2v) is 19.9. The predicted octanol–water partition coefficient (Wildman–Crippen LogP) is 12.7. The van der Waals surface area contributed by atoms with Gasteiger partial charge in [-0.25, -0.2) is 4.99 Å². The number of nitrogens with zero attached hydrogens (tertiary/aromatic N) is 3. The van der Waals surface area contributed by atoms with E-state index in [4.69, 9.17) is 9.98 Å². The zero-order valence-corrected chi connectivity index (χ0v) is 36.6. The van der Waals surface area contributed by atoms with Crippen molar-refractivity contribution in [2.75, 3.05) is 4.90 Å². The van der Waals surface area contributed by atoms with Gasteiger partial charge < -0.3 is 4.90 Å². The van der Waals surface area contributed by atoms with E-state index in [0.29, 0.717) is 35.6 Å². The smallest absolute Gasteiger partial charge is 0.132 e. The van der Waals surface area contributed by atoms with Crippen molar-refractivity contribution in [3.63, 3.8) is 0 Å². The Bertz CT molecular complexity index is 3390. The van der Waals surface area contributed by atoms with Gasteiger partial charge in [0.1, 0.15) is 11.9 Å². The number of fused-ring (bicyclic) bond motifs is 11. The van der Waals surface area contributed by atoms with Crippen LogP contribution in [-0.2, 0) is 0 Å². The molecular weight excluding hydrogens is 787 g/mol. The molecule has 2 heterocycles. The quantitative estimate of drug-likeness (QED) is 0.153. The molecule has 14 rings (SSSR count). The van der Waals surface area contributed by atoms with E-state index < -0.39 is 0 Å². The van der Waals surface area contributed by atoms with Crippen molar-refractivity contribution in [2.45, 2.75) is 67.5 Å². The minimum atomic E-state index is -0.197. The van der Waals surface area contributed by atoms with Gasteiger partial charge in [-0.05, 0) is 122 Å². The van der Waals surface area contributed by atoms with Gasteiger partial charge in [-0.1, -0.05) is 188 Å². The first-order valence-electron chi connectivity index (χ1n) is 24.1. The van der Waals surface area contributed by atoms with Crippen LogP contribution in [-0.4, -0.2) is 23.1 Å². The molecular formula is C62H51N3. The molecule has 3 nitrogen and oxygen atoms in total. The molecule has 5 aliphatic carbocycles. The number of hydrogen-bond acceptors (Lipinski definition) is 3. The molecule has 0 aromatic heterocycles. The Kier molecular flexibility index (Phi) is 8.27. The molecule has 7 aromatic carbocycles. The zero-order valence-electron chi connectivity index (χ0n) is 36.6. The summed E-state index contributed by atoms with van der Waals surface area (Å²) in [5.74, 6) is 3.23. The third-order valence-corrected chi connectivity index (χ3v) is 16.7. The Morgan fingerprint density at radius 2 is 1.37 bits per heavy atom. The SMILES string of the molecule is C=C1C(c2ccccc2)=NC(C2CC=c3ccccc3=C2CC2c3cc4ccccc4cc3C3C2C=CC2(N4c5cc6ccccc6cc5C5CCC=CC54)CC32)=NC1c1ccccc1. The molecule has 314 valence electrons. The van der Waals surface area contributed by atoms with E-state index in [9.17, 15) is 0 Å². The molecule has 0 spiro atoms. The second-order valence-electron chi connectivity index (χ2n) is 19.9. The highest BCUT2D eigenvalue weighted by Crippen LogP contribution is 2.70. The first kappa shape index (κ1) is 37.5. The average Bonchev–Trinajstić information content (AvgIpc) is 3.92. The second kappa shape index (κ2) is 14.3. The largest absolute Gasteiger partial charge is 0.355 e. The van der Waals surface area contributed by atoms with E-state index in [1.807, 2.05) is 0 Å². The lowest BCUT2D eigenvalue weighted by Gasteiger charge is -2.41. The van der Waals surface area contributed by atoms with Crippen LogP contribution in [0.1, 0.15) is 83.7 Å². The van der Waals surface area contributed by atoms with Gasteiger partial charge in [0.25, 0.3) is 0 Å². The average molecular weight is 838 g/mol. The molecule has 9 unspecified atom stereocenters. The molecule has 7 aliphatic rings. The van der Waals surface area contributed by atoms with E-state index in [0.717, 1.165) is 47.5 Å². The van der Waals surface area contributed by atoms with Crippen LogP contribution >= 0.6 is 0 Å². The van der Waals surface area contributed by atoms with Crippen LogP contribution in [0.2, 0.25) is 0 Å². The van der Waals surface area contributed by atoms with Gasteiger partial charge in [0, 0.05) is 28.7 Å². The number of rotatable bonds is 6. The highest BCUT2D eigenvalue weighted by Gasteiger charge is 2.67. The van der Waals surface area contributed by atoms with Gasteiger partial charge in [-0.2, -0.15) is 0 Å². The Morgan fingerprint density at radius 3 is 2.15 bits per heavy atom. The van der Waals surface area contributed by atoms with Crippen LogP contribution in [0.15, 0.2) is 204 Å². The number of hydrogen-bond donors (Lipinski definition) is 0. The monoisotopic (exact) mass is 837 g/mol. The summed E-state index contributed by atoms with van der Waals surface area (Å²) in [4.78, 5) is 14.1. The van der Waals surface area contributed by atoms with Crippen LogP contribution in [0.3, 0.4) is 0 Å². The molecule has 2 aliphatic heterocycles. The Balaban J connectivity index is 0.911. The highest BCUT2D eigenvalue weighted by atomic mass is 15.3. The molecule has 1 saturated carbocycles. The maximum absolute atomic E-state index is 5.60. The van der Waals surface area contributed by atoms with Gasteiger partial charge in [-0.3, -0.25) is 4.99 Å². The molecule has 0 N–H and O–H groups in total. The van der Waals surface area contributed by atoms with E-state index in [-0.39, 0.29) is 17.5 Å². The van der Waals surface area contributed by atoms with Crippen LogP contribution in [0.5, 0.6) is 0 Å². The topological polar surface area (TPSA) is 28.0 Å². The first-order chi connectivity index (χ1) is 32.1. The lowest BCUT2D eigenvalue weighted by molar-refractivity contribution is 0.383. The molecule has 0 bridgehead atoms. The van der Waals surface area contributed by atoms with Gasteiger partial charge >= 0.3 is 0 Å². The van der Waals surface area contributed by atoms with Crippen LogP contribution in [0.25, 0.3) is 33.2 Å². The maximum atomic E-state index is 5.60. The summed E-state index contributed by atoms with van der Waals surface area (Å²) < 4.78 is 0. The van der Waals surface area contributed by atoms with Gasteiger partial charge in [0.2, 0.25) is 0 Å². The lowest BCUT2D eigenvalue weighted by atomic mass is 9.74. The van der Waals surface area contributed by atoms with Gasteiger partial charge in [-0.15, -0.1) is 0 Å². The molecule has 9 atom stereocenters. The summed E-state index contributed by atoms with van der Waals surface area (Å²) in [6.07, 6.45) is 18.3. The minimum absolute atomic E-state index is 0.00752. The fourth-order valence-electron chi connectivity index (χ4n) is 13.7. The fraction of sp³-hybridized carbons (Fsp3) is 0.226. The highest BCUT2D eigenvalue weighted by molar-refractivity contribution is 6.20. The summed E-state index contributed by atoms with van der Waals surface area (Å²) in [7, 11) is 0. The van der Waals surface area contributed by atoms with Crippen molar-refractivity contribution >= 4 is 50.4 Å². The molecule has 65 heavy (non-hydrogen) atoms. The Morgan fingerprint density at radius 1 is 0.692 bits per heavy atom. The molecule has 0 saturated heterocycles. The number of anilines is 1. The van der Waals surface area contributed by atoms with Crippen molar-refractivity contribution in [1.82, 2.24) is 0 Å². The van der Waals surface area contributed by atoms with Crippen LogP contribution in [0, 0.1) is 17.8 Å². The van der Waals surface area contributed by atoms with E-state index in [1.54, 1.807) is 16.7 Å². The number of amidine groups is 1. The van der Waals surface area contributed by atoms with Crippen molar-refractivity contribution in [3.8, 4) is 0 Å². The number of aliphatic imine (C=N–C) groups is 2. The normalized spacial score (nSPS) is 29.0. The number of allylic oxidation sites excluding steroid dienone is 2. The maximum Gasteiger partial charge on any atom is 0.132 e. The fourth-order valence-corrected chi connectivity index (χ4v) is 13.7. The zero-order chi connectivity index (χ0) is 42.8. The van der Waals surface area contributed by atoms with Crippen LogP contribution < -0.4 is 15.3 Å². The minimum Gasteiger partial charge on any atom is -0.355 e. The van der Waals surface area contributed by atoms with Gasteiger partial charge in [0.15, 0.2) is 0 Å². The van der Waals surface area contributed by atoms with Gasteiger partial charge in [0.05, 0.1) is 17.3 Å². The number of benzene rings is 7. The first-order valence-corrected chi connectivity index (χ1v) is 24.1. The standard InChI is InChI=1S/C62H51N3/c1-38-59(40-17-4-2-5-18-40)63-61(64-60(38)41-19-6-3-7-20-41)49-29-28-39-16-12-13-25-46(39)51(49)36-52-48-30-31-62(37-55(62)58(48)54-34-44-23-9-8-21-42(44)32-50(52)54)65-56-27-15-14-26-47(56)53-33-43-22-10-11-24-45(43)35-57(53)65/h2-13,15-25,27-28,30-35,47-49,52,55-56,58-59H,1,14,26,29,36-37H2.